The lowest BCUT2D eigenvalue weighted by molar-refractivity contribution is -0.0709. The van der Waals surface area contributed by atoms with Crippen molar-refractivity contribution in [3.63, 3.8) is 0 Å². The van der Waals surface area contributed by atoms with E-state index in [1.807, 2.05) is 0 Å². The van der Waals surface area contributed by atoms with E-state index in [9.17, 15) is 0 Å². The lowest BCUT2D eigenvalue weighted by Crippen LogP contribution is -2.47. The summed E-state index contributed by atoms with van der Waals surface area (Å²) in [5.74, 6) is 0.668. The van der Waals surface area contributed by atoms with Gasteiger partial charge in [0.05, 0.1) is 12.2 Å². The minimum absolute atomic E-state index is 0.262. The summed E-state index contributed by atoms with van der Waals surface area (Å²) in [6, 6.07) is 9.03. The Labute approximate surface area is 143 Å². The van der Waals surface area contributed by atoms with E-state index in [1.54, 1.807) is 0 Å². The van der Waals surface area contributed by atoms with Crippen molar-refractivity contribution >= 4 is 0 Å². The SMILES string of the molecule is CCC(C)(C)c1ccccc1CC(C)CN1C[C@@H](C)O[C@@H](C)C1. The fourth-order valence-electron chi connectivity index (χ4n) is 3.86. The highest BCUT2D eigenvalue weighted by Gasteiger charge is 2.25. The normalized spacial score (nSPS) is 24.6. The van der Waals surface area contributed by atoms with Crippen molar-refractivity contribution < 1.29 is 4.74 Å². The summed E-state index contributed by atoms with van der Waals surface area (Å²) in [6.07, 6.45) is 3.06. The molecule has 1 heterocycles. The van der Waals surface area contributed by atoms with Crippen LogP contribution < -0.4 is 0 Å². The molecule has 0 saturated carbocycles. The van der Waals surface area contributed by atoms with Crippen LogP contribution >= 0.6 is 0 Å². The molecule has 0 aliphatic carbocycles. The van der Waals surface area contributed by atoms with E-state index in [-0.39, 0.29) is 5.41 Å². The van der Waals surface area contributed by atoms with Gasteiger partial charge in [0.15, 0.2) is 0 Å². The van der Waals surface area contributed by atoms with E-state index >= 15 is 0 Å². The van der Waals surface area contributed by atoms with Crippen LogP contribution in [0.2, 0.25) is 0 Å². The molecule has 1 fully saturated rings. The maximum atomic E-state index is 5.85. The van der Waals surface area contributed by atoms with Crippen LogP contribution in [0.1, 0.15) is 59.1 Å². The van der Waals surface area contributed by atoms with E-state index < -0.39 is 0 Å². The number of hydrogen-bond donors (Lipinski definition) is 0. The molecular formula is C21H35NO. The van der Waals surface area contributed by atoms with Gasteiger partial charge in [0, 0.05) is 19.6 Å². The molecule has 3 atom stereocenters. The lowest BCUT2D eigenvalue weighted by Gasteiger charge is -2.37. The molecule has 1 aromatic carbocycles. The first-order valence-corrected chi connectivity index (χ1v) is 9.28. The van der Waals surface area contributed by atoms with Gasteiger partial charge in [-0.3, -0.25) is 4.90 Å². The summed E-state index contributed by atoms with van der Waals surface area (Å²) in [5.41, 5.74) is 3.32. The molecule has 2 rings (SSSR count). The highest BCUT2D eigenvalue weighted by Crippen LogP contribution is 2.31. The van der Waals surface area contributed by atoms with Crippen molar-refractivity contribution in [3.8, 4) is 0 Å². The van der Waals surface area contributed by atoms with Gasteiger partial charge in [-0.1, -0.05) is 52.0 Å². The molecule has 2 heteroatoms. The first-order valence-electron chi connectivity index (χ1n) is 9.28. The van der Waals surface area contributed by atoms with Gasteiger partial charge in [-0.15, -0.1) is 0 Å². The van der Waals surface area contributed by atoms with Crippen LogP contribution in [0.4, 0.5) is 0 Å². The third-order valence-electron chi connectivity index (χ3n) is 5.26. The molecule has 130 valence electrons. The van der Waals surface area contributed by atoms with Crippen LogP contribution in [0.5, 0.6) is 0 Å². The predicted molar refractivity (Wildman–Crippen MR) is 99.1 cm³/mol. The van der Waals surface area contributed by atoms with Crippen molar-refractivity contribution in [1.29, 1.82) is 0 Å². The van der Waals surface area contributed by atoms with E-state index in [2.05, 4.69) is 70.7 Å². The molecule has 1 unspecified atom stereocenters. The molecule has 0 radical (unpaired) electrons. The summed E-state index contributed by atoms with van der Waals surface area (Å²) >= 11 is 0. The highest BCUT2D eigenvalue weighted by atomic mass is 16.5. The summed E-state index contributed by atoms with van der Waals surface area (Å²) in [7, 11) is 0. The minimum atomic E-state index is 0.262. The van der Waals surface area contributed by atoms with Gasteiger partial charge in [-0.2, -0.15) is 0 Å². The first kappa shape index (κ1) is 18.5. The van der Waals surface area contributed by atoms with Gasteiger partial charge in [-0.05, 0) is 49.1 Å². The van der Waals surface area contributed by atoms with E-state index in [0.29, 0.717) is 18.1 Å². The van der Waals surface area contributed by atoms with Crippen molar-refractivity contribution in [3.05, 3.63) is 35.4 Å². The third kappa shape index (κ3) is 5.06. The molecular weight excluding hydrogens is 282 g/mol. The molecule has 1 saturated heterocycles. The average molecular weight is 318 g/mol. The van der Waals surface area contributed by atoms with Crippen molar-refractivity contribution in [2.24, 2.45) is 5.92 Å². The molecule has 0 spiro atoms. The van der Waals surface area contributed by atoms with Gasteiger partial charge in [-0.25, -0.2) is 0 Å². The number of nitrogens with zero attached hydrogens (tertiary/aromatic N) is 1. The summed E-state index contributed by atoms with van der Waals surface area (Å²) < 4.78 is 5.85. The maximum absolute atomic E-state index is 5.85. The molecule has 0 bridgehead atoms. The maximum Gasteiger partial charge on any atom is 0.0678 e. The Bertz CT molecular complexity index is 486. The zero-order chi connectivity index (χ0) is 17.0. The second-order valence-corrected chi connectivity index (χ2v) is 8.18. The Morgan fingerprint density at radius 1 is 1.17 bits per heavy atom. The third-order valence-corrected chi connectivity index (χ3v) is 5.26. The quantitative estimate of drug-likeness (QED) is 0.756. The fourth-order valence-corrected chi connectivity index (χ4v) is 3.86. The Kier molecular flexibility index (Phi) is 6.27. The molecule has 23 heavy (non-hydrogen) atoms. The van der Waals surface area contributed by atoms with Crippen LogP contribution in [0.15, 0.2) is 24.3 Å². The minimum Gasteiger partial charge on any atom is -0.373 e. The van der Waals surface area contributed by atoms with Crippen LogP contribution in [0, 0.1) is 5.92 Å². The Balaban J connectivity index is 2.02. The highest BCUT2D eigenvalue weighted by molar-refractivity contribution is 5.33. The van der Waals surface area contributed by atoms with Gasteiger partial charge in [0.25, 0.3) is 0 Å². The number of ether oxygens (including phenoxy) is 1. The van der Waals surface area contributed by atoms with Crippen LogP contribution in [-0.4, -0.2) is 36.7 Å². The second-order valence-electron chi connectivity index (χ2n) is 8.18. The standard InChI is InChI=1S/C21H35NO/c1-7-21(5,6)20-11-9-8-10-19(20)12-16(2)13-22-14-17(3)23-18(4)15-22/h8-11,16-18H,7,12-15H2,1-6H3/t16?,17-,18+. The Morgan fingerprint density at radius 2 is 1.78 bits per heavy atom. The van der Waals surface area contributed by atoms with Crippen LogP contribution in [0.25, 0.3) is 0 Å². The molecule has 0 aromatic heterocycles. The van der Waals surface area contributed by atoms with Gasteiger partial charge in [0.2, 0.25) is 0 Å². The number of rotatable bonds is 6. The van der Waals surface area contributed by atoms with E-state index in [4.69, 9.17) is 4.74 Å². The lowest BCUT2D eigenvalue weighted by atomic mass is 9.78. The fraction of sp³-hybridized carbons (Fsp3) is 0.714. The number of benzene rings is 1. The predicted octanol–water partition coefficient (Wildman–Crippen LogP) is 4.66. The Hall–Kier alpha value is -0.860. The van der Waals surface area contributed by atoms with Crippen LogP contribution in [-0.2, 0) is 16.6 Å². The zero-order valence-corrected chi connectivity index (χ0v) is 15.9. The summed E-state index contributed by atoms with van der Waals surface area (Å²) in [6.45, 7) is 17.1. The summed E-state index contributed by atoms with van der Waals surface area (Å²) in [5, 5.41) is 0. The van der Waals surface area contributed by atoms with Crippen LogP contribution in [0.3, 0.4) is 0 Å². The van der Waals surface area contributed by atoms with Crippen molar-refractivity contribution in [2.75, 3.05) is 19.6 Å². The molecule has 2 nitrogen and oxygen atoms in total. The number of hydrogen-bond acceptors (Lipinski definition) is 2. The molecule has 0 N–H and O–H groups in total. The topological polar surface area (TPSA) is 12.5 Å². The number of morpholine rings is 1. The first-order chi connectivity index (χ1) is 10.8. The summed E-state index contributed by atoms with van der Waals surface area (Å²) in [4.78, 5) is 2.58. The van der Waals surface area contributed by atoms with Crippen molar-refractivity contribution in [1.82, 2.24) is 4.90 Å². The van der Waals surface area contributed by atoms with Gasteiger partial charge in [0.1, 0.15) is 0 Å². The van der Waals surface area contributed by atoms with E-state index in [0.717, 1.165) is 13.1 Å². The second kappa shape index (κ2) is 7.81. The zero-order valence-electron chi connectivity index (χ0n) is 15.9. The largest absolute Gasteiger partial charge is 0.373 e. The van der Waals surface area contributed by atoms with E-state index in [1.165, 1.54) is 30.5 Å². The molecule has 1 aliphatic rings. The van der Waals surface area contributed by atoms with Gasteiger partial charge < -0.3 is 4.74 Å². The molecule has 1 aromatic rings. The average Bonchev–Trinajstić information content (AvgIpc) is 2.46. The molecule has 1 aliphatic heterocycles. The van der Waals surface area contributed by atoms with Gasteiger partial charge >= 0.3 is 0 Å². The Morgan fingerprint density at radius 3 is 2.39 bits per heavy atom. The van der Waals surface area contributed by atoms with Crippen molar-refractivity contribution in [2.45, 2.75) is 72.0 Å². The smallest absolute Gasteiger partial charge is 0.0678 e. The monoisotopic (exact) mass is 317 g/mol. The molecule has 0 amide bonds.